The molecule has 0 saturated heterocycles. The van der Waals surface area contributed by atoms with Gasteiger partial charge in [0.15, 0.2) is 5.78 Å². The molecule has 0 spiro atoms. The molecule has 1 aliphatic carbocycles. The van der Waals surface area contributed by atoms with Crippen LogP contribution in [0.15, 0.2) is 6.07 Å². The molecule has 0 radical (unpaired) electrons. The van der Waals surface area contributed by atoms with E-state index in [1.54, 1.807) is 6.92 Å². The first-order chi connectivity index (χ1) is 7.59. The van der Waals surface area contributed by atoms with E-state index in [4.69, 9.17) is 0 Å². The van der Waals surface area contributed by atoms with E-state index in [1.807, 2.05) is 10.7 Å². The molecule has 88 valence electrons. The third kappa shape index (κ3) is 2.04. The van der Waals surface area contributed by atoms with Crippen LogP contribution in [0.3, 0.4) is 0 Å². The summed E-state index contributed by atoms with van der Waals surface area (Å²) in [5.74, 6) is 0.698. The number of carbonyl (C=O) groups is 1. The van der Waals surface area contributed by atoms with Gasteiger partial charge in [-0.25, -0.2) is 0 Å². The van der Waals surface area contributed by atoms with Crippen molar-refractivity contribution < 1.29 is 4.79 Å². The Morgan fingerprint density at radius 1 is 1.44 bits per heavy atom. The van der Waals surface area contributed by atoms with Crippen LogP contribution in [0.2, 0.25) is 0 Å². The third-order valence-electron chi connectivity index (χ3n) is 3.38. The number of aromatic nitrogens is 2. The number of hydrogen-bond acceptors (Lipinski definition) is 2. The molecule has 0 unspecified atom stereocenters. The second-order valence-electron chi connectivity index (χ2n) is 5.03. The van der Waals surface area contributed by atoms with Gasteiger partial charge in [0.25, 0.3) is 0 Å². The van der Waals surface area contributed by atoms with Gasteiger partial charge in [-0.15, -0.1) is 0 Å². The Morgan fingerprint density at radius 2 is 2.06 bits per heavy atom. The number of carbonyl (C=O) groups excluding carboxylic acids is 1. The summed E-state index contributed by atoms with van der Waals surface area (Å²) in [5, 5.41) is 4.61. The molecule has 0 atom stereocenters. The first-order valence-electron chi connectivity index (χ1n) is 6.20. The van der Waals surface area contributed by atoms with Crippen LogP contribution in [0.4, 0.5) is 0 Å². The van der Waals surface area contributed by atoms with Gasteiger partial charge in [0.2, 0.25) is 0 Å². The van der Waals surface area contributed by atoms with E-state index in [0.29, 0.717) is 5.92 Å². The van der Waals surface area contributed by atoms with E-state index >= 15 is 0 Å². The Morgan fingerprint density at radius 3 is 2.50 bits per heavy atom. The van der Waals surface area contributed by atoms with Gasteiger partial charge >= 0.3 is 0 Å². The predicted molar refractivity (Wildman–Crippen MR) is 63.8 cm³/mol. The van der Waals surface area contributed by atoms with E-state index in [-0.39, 0.29) is 11.8 Å². The maximum absolute atomic E-state index is 11.5. The molecule has 0 amide bonds. The van der Waals surface area contributed by atoms with Crippen molar-refractivity contribution in [3.63, 3.8) is 0 Å². The van der Waals surface area contributed by atoms with Crippen LogP contribution in [0.25, 0.3) is 0 Å². The average Bonchev–Trinajstić information content (AvgIpc) is 2.86. The summed E-state index contributed by atoms with van der Waals surface area (Å²) in [6, 6.07) is 2.26. The van der Waals surface area contributed by atoms with Crippen LogP contribution in [-0.4, -0.2) is 15.6 Å². The summed E-state index contributed by atoms with van der Waals surface area (Å²) in [4.78, 5) is 11.5. The summed E-state index contributed by atoms with van der Waals surface area (Å²) in [6.07, 6.45) is 5.06. The highest BCUT2D eigenvalue weighted by Gasteiger charge is 2.22. The molecule has 1 heterocycles. The number of nitrogens with zero attached hydrogens (tertiary/aromatic N) is 2. The SMILES string of the molecule is CC(=O)c1cc(C2CCCC2)nn1C(C)C. The highest BCUT2D eigenvalue weighted by Crippen LogP contribution is 2.34. The smallest absolute Gasteiger partial charge is 0.177 e. The highest BCUT2D eigenvalue weighted by atomic mass is 16.1. The Labute approximate surface area is 96.8 Å². The van der Waals surface area contributed by atoms with E-state index in [9.17, 15) is 4.79 Å². The number of rotatable bonds is 3. The van der Waals surface area contributed by atoms with Gasteiger partial charge in [-0.3, -0.25) is 9.48 Å². The Hall–Kier alpha value is -1.12. The van der Waals surface area contributed by atoms with Gasteiger partial charge in [0.1, 0.15) is 5.69 Å². The number of hydrogen-bond donors (Lipinski definition) is 0. The van der Waals surface area contributed by atoms with Gasteiger partial charge in [-0.2, -0.15) is 5.10 Å². The lowest BCUT2D eigenvalue weighted by Crippen LogP contribution is -2.10. The van der Waals surface area contributed by atoms with Crippen LogP contribution < -0.4 is 0 Å². The van der Waals surface area contributed by atoms with E-state index in [1.165, 1.54) is 25.7 Å². The second-order valence-corrected chi connectivity index (χ2v) is 5.03. The summed E-state index contributed by atoms with van der Waals surface area (Å²) < 4.78 is 1.87. The fourth-order valence-corrected chi connectivity index (χ4v) is 2.49. The molecule has 3 heteroatoms. The first kappa shape index (κ1) is 11.4. The number of ketones is 1. The van der Waals surface area contributed by atoms with Crippen molar-refractivity contribution in [2.75, 3.05) is 0 Å². The zero-order valence-corrected chi connectivity index (χ0v) is 10.4. The quantitative estimate of drug-likeness (QED) is 0.732. The average molecular weight is 220 g/mol. The Kier molecular flexibility index (Phi) is 3.13. The first-order valence-corrected chi connectivity index (χ1v) is 6.20. The van der Waals surface area contributed by atoms with Gasteiger partial charge < -0.3 is 0 Å². The van der Waals surface area contributed by atoms with Crippen molar-refractivity contribution in [3.05, 3.63) is 17.5 Å². The normalized spacial score (nSPS) is 17.2. The van der Waals surface area contributed by atoms with Crippen LogP contribution in [0.1, 0.15) is 74.6 Å². The van der Waals surface area contributed by atoms with Gasteiger partial charge in [0, 0.05) is 18.9 Å². The largest absolute Gasteiger partial charge is 0.293 e. The van der Waals surface area contributed by atoms with Crippen LogP contribution >= 0.6 is 0 Å². The van der Waals surface area contributed by atoms with Crippen LogP contribution in [0.5, 0.6) is 0 Å². The van der Waals surface area contributed by atoms with Crippen LogP contribution in [0, 0.1) is 0 Å². The Bertz CT molecular complexity index is 387. The third-order valence-corrected chi connectivity index (χ3v) is 3.38. The standard InChI is InChI=1S/C13H20N2O/c1-9(2)15-13(10(3)16)8-12(14-15)11-6-4-5-7-11/h8-9,11H,4-7H2,1-3H3. The molecule has 0 bridgehead atoms. The second kappa shape index (κ2) is 4.40. The topological polar surface area (TPSA) is 34.9 Å². The summed E-state index contributed by atoms with van der Waals surface area (Å²) in [7, 11) is 0. The fraction of sp³-hybridized carbons (Fsp3) is 0.692. The molecule has 2 rings (SSSR count). The molecule has 0 aromatic carbocycles. The summed E-state index contributed by atoms with van der Waals surface area (Å²) in [5.41, 5.74) is 1.88. The lowest BCUT2D eigenvalue weighted by atomic mass is 10.0. The maximum Gasteiger partial charge on any atom is 0.177 e. The van der Waals surface area contributed by atoms with Crippen molar-refractivity contribution in [2.24, 2.45) is 0 Å². The Balaban J connectivity index is 2.34. The molecule has 1 aliphatic rings. The molecular formula is C13H20N2O. The molecule has 0 aliphatic heterocycles. The van der Waals surface area contributed by atoms with Gasteiger partial charge in [-0.1, -0.05) is 12.8 Å². The maximum atomic E-state index is 11.5. The van der Waals surface area contributed by atoms with Crippen molar-refractivity contribution in [2.45, 2.75) is 58.4 Å². The predicted octanol–water partition coefficient (Wildman–Crippen LogP) is 3.32. The van der Waals surface area contributed by atoms with Crippen molar-refractivity contribution in [1.29, 1.82) is 0 Å². The minimum Gasteiger partial charge on any atom is -0.293 e. The zero-order valence-electron chi connectivity index (χ0n) is 10.4. The van der Waals surface area contributed by atoms with Crippen LogP contribution in [-0.2, 0) is 0 Å². The molecule has 16 heavy (non-hydrogen) atoms. The molecule has 1 fully saturated rings. The zero-order chi connectivity index (χ0) is 11.7. The van der Waals surface area contributed by atoms with Crippen molar-refractivity contribution in [1.82, 2.24) is 9.78 Å². The fourth-order valence-electron chi connectivity index (χ4n) is 2.49. The molecule has 0 N–H and O–H groups in total. The molecule has 1 aromatic heterocycles. The van der Waals surface area contributed by atoms with Gasteiger partial charge in [-0.05, 0) is 32.8 Å². The molecular weight excluding hydrogens is 200 g/mol. The van der Waals surface area contributed by atoms with E-state index in [0.717, 1.165) is 11.4 Å². The molecule has 1 saturated carbocycles. The van der Waals surface area contributed by atoms with Crippen molar-refractivity contribution >= 4 is 5.78 Å². The lowest BCUT2D eigenvalue weighted by Gasteiger charge is -2.08. The minimum atomic E-state index is 0.116. The highest BCUT2D eigenvalue weighted by molar-refractivity contribution is 5.92. The van der Waals surface area contributed by atoms with E-state index < -0.39 is 0 Å². The molecule has 3 nitrogen and oxygen atoms in total. The minimum absolute atomic E-state index is 0.116. The lowest BCUT2D eigenvalue weighted by molar-refractivity contribution is 0.100. The summed E-state index contributed by atoms with van der Waals surface area (Å²) in [6.45, 7) is 5.75. The summed E-state index contributed by atoms with van der Waals surface area (Å²) >= 11 is 0. The molecule has 1 aromatic rings. The number of Topliss-reactive ketones (excluding diaryl/α,β-unsaturated/α-hetero) is 1. The van der Waals surface area contributed by atoms with Gasteiger partial charge in [0.05, 0.1) is 5.69 Å². The van der Waals surface area contributed by atoms with Crippen molar-refractivity contribution in [3.8, 4) is 0 Å². The monoisotopic (exact) mass is 220 g/mol. The van der Waals surface area contributed by atoms with E-state index in [2.05, 4.69) is 18.9 Å².